The first kappa shape index (κ1) is 32.2. The van der Waals surface area contributed by atoms with Crippen LogP contribution in [-0.2, 0) is 26.2 Å². The van der Waals surface area contributed by atoms with E-state index in [2.05, 4.69) is 5.32 Å². The largest absolute Gasteiger partial charge is 0.352 e. The predicted molar refractivity (Wildman–Crippen MR) is 168 cm³/mol. The average Bonchev–Trinajstić information content (AvgIpc) is 2.99. The van der Waals surface area contributed by atoms with E-state index in [-0.39, 0.29) is 23.4 Å². The molecule has 1 N–H and O–H groups in total. The van der Waals surface area contributed by atoms with E-state index in [0.717, 1.165) is 53.1 Å². The molecule has 0 heterocycles. The number of carbonyl (C=O) groups excluding carboxylic acids is 2. The highest BCUT2D eigenvalue weighted by Crippen LogP contribution is 2.29. The van der Waals surface area contributed by atoms with E-state index >= 15 is 0 Å². The van der Waals surface area contributed by atoms with Crippen LogP contribution in [0.2, 0.25) is 0 Å². The highest BCUT2D eigenvalue weighted by Gasteiger charge is 2.35. The third-order valence-corrected chi connectivity index (χ3v) is 10.1. The number of rotatable bonds is 11. The zero-order valence-corrected chi connectivity index (χ0v) is 26.3. The van der Waals surface area contributed by atoms with Gasteiger partial charge < -0.3 is 10.2 Å². The summed E-state index contributed by atoms with van der Waals surface area (Å²) < 4.78 is 43.1. The molecule has 2 amide bonds. The molecular formula is C34H42FN3O4S. The lowest BCUT2D eigenvalue weighted by Gasteiger charge is -2.35. The molecule has 3 aromatic carbocycles. The number of nitrogens with one attached hydrogen (secondary N) is 1. The van der Waals surface area contributed by atoms with Gasteiger partial charge in [-0.15, -0.1) is 0 Å². The van der Waals surface area contributed by atoms with Gasteiger partial charge in [0.2, 0.25) is 11.8 Å². The van der Waals surface area contributed by atoms with Crippen molar-refractivity contribution in [2.45, 2.75) is 89.7 Å². The molecule has 1 aliphatic rings. The summed E-state index contributed by atoms with van der Waals surface area (Å²) in [6.45, 7) is 6.95. The lowest BCUT2D eigenvalue weighted by atomic mass is 9.95. The molecule has 0 aromatic heterocycles. The van der Waals surface area contributed by atoms with Crippen molar-refractivity contribution in [1.29, 1.82) is 0 Å². The Hall–Kier alpha value is -3.72. The Morgan fingerprint density at radius 3 is 2.21 bits per heavy atom. The molecule has 0 bridgehead atoms. The number of nitrogens with zero attached hydrogens (tertiary/aromatic N) is 2. The predicted octanol–water partition coefficient (Wildman–Crippen LogP) is 6.20. The normalized spacial score (nSPS) is 14.6. The molecule has 4 rings (SSSR count). The molecule has 0 aliphatic heterocycles. The van der Waals surface area contributed by atoms with Crippen molar-refractivity contribution in [3.8, 4) is 0 Å². The zero-order valence-electron chi connectivity index (χ0n) is 25.5. The molecule has 9 heteroatoms. The van der Waals surface area contributed by atoms with Gasteiger partial charge in [-0.3, -0.25) is 13.9 Å². The Balaban J connectivity index is 1.73. The summed E-state index contributed by atoms with van der Waals surface area (Å²) in [4.78, 5) is 29.4. The van der Waals surface area contributed by atoms with E-state index in [1.54, 1.807) is 36.4 Å². The fraction of sp³-hybridized carbons (Fsp3) is 0.412. The Bertz CT molecular complexity index is 1520. The smallest absolute Gasteiger partial charge is 0.264 e. The fourth-order valence-corrected chi connectivity index (χ4v) is 7.08. The number of anilines is 1. The first-order valence-corrected chi connectivity index (χ1v) is 16.4. The monoisotopic (exact) mass is 607 g/mol. The average molecular weight is 608 g/mol. The van der Waals surface area contributed by atoms with Crippen LogP contribution in [0.25, 0.3) is 0 Å². The molecule has 7 nitrogen and oxygen atoms in total. The number of carbonyl (C=O) groups is 2. The molecule has 43 heavy (non-hydrogen) atoms. The number of benzene rings is 3. The van der Waals surface area contributed by atoms with Crippen LogP contribution in [0.3, 0.4) is 0 Å². The lowest BCUT2D eigenvalue weighted by molar-refractivity contribution is -0.140. The molecule has 1 saturated carbocycles. The standard InChI is InChI=1S/C34H42FN3O4S/c1-5-31(34(40)36-29-11-7-6-8-12-29)37(22-27-16-18-28(35)19-17-27)33(39)23-38(32-13-9-10-25(3)26(32)4)43(41,42)30-20-14-24(2)15-21-30/h9-10,13-21,29,31H,5-8,11-12,22-23H2,1-4H3,(H,36,40)/t31-/m1/s1. The second kappa shape index (κ2) is 14.2. The molecule has 3 aromatic rings. The molecular weight excluding hydrogens is 565 g/mol. The molecule has 1 atom stereocenters. The van der Waals surface area contributed by atoms with E-state index in [1.807, 2.05) is 33.8 Å². The maximum Gasteiger partial charge on any atom is 0.264 e. The zero-order chi connectivity index (χ0) is 31.1. The number of aryl methyl sites for hydroxylation is 2. The quantitative estimate of drug-likeness (QED) is 0.281. The molecule has 0 saturated heterocycles. The van der Waals surface area contributed by atoms with Gasteiger partial charge >= 0.3 is 0 Å². The summed E-state index contributed by atoms with van der Waals surface area (Å²) in [5, 5.41) is 3.14. The highest BCUT2D eigenvalue weighted by molar-refractivity contribution is 7.92. The van der Waals surface area contributed by atoms with Crippen LogP contribution in [0.1, 0.15) is 67.7 Å². The van der Waals surface area contributed by atoms with Gasteiger partial charge in [0, 0.05) is 12.6 Å². The summed E-state index contributed by atoms with van der Waals surface area (Å²) >= 11 is 0. The Labute approximate surface area is 255 Å². The van der Waals surface area contributed by atoms with Crippen molar-refractivity contribution in [3.05, 3.63) is 94.8 Å². The van der Waals surface area contributed by atoms with Crippen molar-refractivity contribution in [2.24, 2.45) is 0 Å². The number of halogens is 1. The molecule has 1 fully saturated rings. The van der Waals surface area contributed by atoms with Crippen LogP contribution in [0, 0.1) is 26.6 Å². The van der Waals surface area contributed by atoms with E-state index in [4.69, 9.17) is 0 Å². The topological polar surface area (TPSA) is 86.8 Å². The molecule has 1 aliphatic carbocycles. The second-order valence-corrected chi connectivity index (χ2v) is 13.3. The highest BCUT2D eigenvalue weighted by atomic mass is 32.2. The maximum atomic E-state index is 14.3. The first-order valence-electron chi connectivity index (χ1n) is 15.0. The van der Waals surface area contributed by atoms with Crippen LogP contribution in [-0.4, -0.2) is 43.8 Å². The van der Waals surface area contributed by atoms with Crippen LogP contribution in [0.5, 0.6) is 0 Å². The van der Waals surface area contributed by atoms with E-state index < -0.39 is 34.3 Å². The fourth-order valence-electron chi connectivity index (χ4n) is 5.61. The van der Waals surface area contributed by atoms with Gasteiger partial charge in [-0.1, -0.05) is 68.1 Å². The third-order valence-electron chi connectivity index (χ3n) is 8.34. The Morgan fingerprint density at radius 1 is 0.930 bits per heavy atom. The number of amides is 2. The summed E-state index contributed by atoms with van der Waals surface area (Å²) in [7, 11) is -4.16. The van der Waals surface area contributed by atoms with Crippen LogP contribution >= 0.6 is 0 Å². The lowest BCUT2D eigenvalue weighted by Crippen LogP contribution is -2.54. The van der Waals surface area contributed by atoms with E-state index in [1.165, 1.54) is 29.2 Å². The number of sulfonamides is 1. The van der Waals surface area contributed by atoms with Gasteiger partial charge in [0.15, 0.2) is 0 Å². The van der Waals surface area contributed by atoms with Crippen LogP contribution in [0.4, 0.5) is 10.1 Å². The first-order chi connectivity index (χ1) is 20.5. The Kier molecular flexibility index (Phi) is 10.6. The van der Waals surface area contributed by atoms with E-state index in [9.17, 15) is 22.4 Å². The summed E-state index contributed by atoms with van der Waals surface area (Å²) in [5.41, 5.74) is 3.57. The summed E-state index contributed by atoms with van der Waals surface area (Å²) in [5.74, 6) is -1.19. The molecule has 0 unspecified atom stereocenters. The van der Waals surface area contributed by atoms with Crippen molar-refractivity contribution in [3.63, 3.8) is 0 Å². The maximum absolute atomic E-state index is 14.3. The minimum absolute atomic E-state index is 0.0287. The van der Waals surface area contributed by atoms with Gasteiger partial charge in [0.25, 0.3) is 10.0 Å². The second-order valence-electron chi connectivity index (χ2n) is 11.5. The van der Waals surface area contributed by atoms with Gasteiger partial charge in [-0.25, -0.2) is 12.8 Å². The van der Waals surface area contributed by atoms with Crippen LogP contribution < -0.4 is 9.62 Å². The Morgan fingerprint density at radius 2 is 1.58 bits per heavy atom. The minimum Gasteiger partial charge on any atom is -0.352 e. The van der Waals surface area contributed by atoms with Gasteiger partial charge in [0.05, 0.1) is 10.6 Å². The SMILES string of the molecule is CC[C@H](C(=O)NC1CCCCC1)N(Cc1ccc(F)cc1)C(=O)CN(c1cccc(C)c1C)S(=O)(=O)c1ccc(C)cc1. The summed E-state index contributed by atoms with van der Waals surface area (Å²) in [6.07, 6.45) is 5.35. The van der Waals surface area contributed by atoms with Crippen molar-refractivity contribution in [2.75, 3.05) is 10.8 Å². The van der Waals surface area contributed by atoms with Crippen molar-refractivity contribution in [1.82, 2.24) is 10.2 Å². The van der Waals surface area contributed by atoms with Gasteiger partial charge in [-0.05, 0) is 87.1 Å². The van der Waals surface area contributed by atoms with Gasteiger partial charge in [-0.2, -0.15) is 0 Å². The van der Waals surface area contributed by atoms with Crippen molar-refractivity contribution < 1.29 is 22.4 Å². The molecule has 0 spiro atoms. The van der Waals surface area contributed by atoms with Crippen LogP contribution in [0.15, 0.2) is 71.6 Å². The molecule has 230 valence electrons. The van der Waals surface area contributed by atoms with Gasteiger partial charge in [0.1, 0.15) is 18.4 Å². The number of hydrogen-bond acceptors (Lipinski definition) is 4. The van der Waals surface area contributed by atoms with Crippen molar-refractivity contribution >= 4 is 27.5 Å². The third kappa shape index (κ3) is 7.82. The molecule has 0 radical (unpaired) electrons. The minimum atomic E-state index is -4.16. The summed E-state index contributed by atoms with van der Waals surface area (Å²) in [6, 6.07) is 16.9. The van der Waals surface area contributed by atoms with E-state index in [0.29, 0.717) is 17.7 Å². The number of hydrogen-bond donors (Lipinski definition) is 1.